The van der Waals surface area contributed by atoms with Crippen molar-refractivity contribution in [3.63, 3.8) is 0 Å². The fraction of sp³-hybridized carbons (Fsp3) is 0.167. The van der Waals surface area contributed by atoms with Crippen LogP contribution in [0.25, 0.3) is 0 Å². The Morgan fingerprint density at radius 2 is 1.64 bits per heavy atom. The standard InChI is InChI=1S/C24H18F2N2O4S/c1-15-10-11-17(12-20(15)26)28-22(29)14-33(31,32)24(28)18-7-3-5-9-21(18)27(23(24)30)13-16-6-2-4-8-19(16)25/h2-12H,13-14H2,1H3. The predicted octanol–water partition coefficient (Wildman–Crippen LogP) is 3.43. The van der Waals surface area contributed by atoms with Gasteiger partial charge in [-0.05, 0) is 36.8 Å². The maximum Gasteiger partial charge on any atom is 0.274 e. The zero-order chi connectivity index (χ0) is 23.5. The Kier molecular flexibility index (Phi) is 4.65. The number of hydrogen-bond donors (Lipinski definition) is 0. The zero-order valence-electron chi connectivity index (χ0n) is 17.5. The van der Waals surface area contributed by atoms with Crippen LogP contribution in [0.4, 0.5) is 20.2 Å². The van der Waals surface area contributed by atoms with E-state index in [1.165, 1.54) is 48.2 Å². The van der Waals surface area contributed by atoms with E-state index in [0.717, 1.165) is 11.0 Å². The molecular formula is C24H18F2N2O4S. The van der Waals surface area contributed by atoms with E-state index in [2.05, 4.69) is 0 Å². The van der Waals surface area contributed by atoms with Gasteiger partial charge in [0.2, 0.25) is 5.91 Å². The van der Waals surface area contributed by atoms with Gasteiger partial charge in [0.25, 0.3) is 10.8 Å². The maximum absolute atomic E-state index is 14.4. The van der Waals surface area contributed by atoms with Crippen LogP contribution >= 0.6 is 0 Å². The van der Waals surface area contributed by atoms with Gasteiger partial charge in [0.05, 0.1) is 12.2 Å². The van der Waals surface area contributed by atoms with E-state index in [0.29, 0.717) is 5.56 Å². The number of fused-ring (bicyclic) bond motifs is 2. The molecule has 5 rings (SSSR count). The second kappa shape index (κ2) is 7.21. The minimum atomic E-state index is -4.38. The molecule has 3 aromatic carbocycles. The molecule has 168 valence electrons. The van der Waals surface area contributed by atoms with E-state index in [-0.39, 0.29) is 29.0 Å². The molecule has 6 nitrogen and oxygen atoms in total. The number of halogens is 2. The Hall–Kier alpha value is -3.59. The Morgan fingerprint density at radius 1 is 0.939 bits per heavy atom. The van der Waals surface area contributed by atoms with Gasteiger partial charge in [-0.3, -0.25) is 14.5 Å². The molecule has 2 aliphatic heterocycles. The molecule has 1 spiro atoms. The van der Waals surface area contributed by atoms with Crippen molar-refractivity contribution < 1.29 is 26.8 Å². The lowest BCUT2D eigenvalue weighted by Crippen LogP contribution is -2.54. The molecule has 2 amide bonds. The molecule has 1 saturated heterocycles. The third kappa shape index (κ3) is 2.85. The van der Waals surface area contributed by atoms with Gasteiger partial charge in [0.15, 0.2) is 9.84 Å². The lowest BCUT2D eigenvalue weighted by atomic mass is 10.0. The predicted molar refractivity (Wildman–Crippen MR) is 118 cm³/mol. The molecular weight excluding hydrogens is 450 g/mol. The first-order valence-electron chi connectivity index (χ1n) is 10.1. The fourth-order valence-corrected chi connectivity index (χ4v) is 6.60. The van der Waals surface area contributed by atoms with Crippen LogP contribution in [-0.4, -0.2) is 26.0 Å². The van der Waals surface area contributed by atoms with Crippen molar-refractivity contribution in [3.8, 4) is 0 Å². The molecule has 0 aromatic heterocycles. The van der Waals surface area contributed by atoms with Crippen LogP contribution in [0, 0.1) is 18.6 Å². The second-order valence-corrected chi connectivity index (χ2v) is 10.2. The SMILES string of the molecule is Cc1ccc(N2C(=O)CS(=O)(=O)C23C(=O)N(Cc2ccccc2F)c2ccccc23)cc1F. The first-order valence-corrected chi connectivity index (χ1v) is 11.8. The lowest BCUT2D eigenvalue weighted by Gasteiger charge is -2.32. The molecule has 0 N–H and O–H groups in total. The van der Waals surface area contributed by atoms with Crippen LogP contribution in [0.5, 0.6) is 0 Å². The van der Waals surface area contributed by atoms with Gasteiger partial charge in [-0.1, -0.05) is 42.5 Å². The van der Waals surface area contributed by atoms with E-state index < -0.39 is 43.9 Å². The summed E-state index contributed by atoms with van der Waals surface area (Å²) in [5.41, 5.74) is 0.786. The molecule has 0 radical (unpaired) electrons. The van der Waals surface area contributed by atoms with E-state index in [1.54, 1.807) is 24.3 Å². The summed E-state index contributed by atoms with van der Waals surface area (Å²) in [6.45, 7) is 1.30. The van der Waals surface area contributed by atoms with Gasteiger partial charge in [-0.15, -0.1) is 0 Å². The summed E-state index contributed by atoms with van der Waals surface area (Å²) in [6, 6.07) is 15.9. The highest BCUT2D eigenvalue weighted by Crippen LogP contribution is 2.52. The number of aryl methyl sites for hydroxylation is 1. The van der Waals surface area contributed by atoms with Gasteiger partial charge in [0, 0.05) is 16.8 Å². The minimum absolute atomic E-state index is 0.0416. The average Bonchev–Trinajstić information content (AvgIpc) is 3.14. The zero-order valence-corrected chi connectivity index (χ0v) is 18.3. The molecule has 1 unspecified atom stereocenters. The number of anilines is 2. The fourth-order valence-electron chi connectivity index (χ4n) is 4.57. The smallest absolute Gasteiger partial charge is 0.274 e. The third-order valence-corrected chi connectivity index (χ3v) is 8.23. The topological polar surface area (TPSA) is 74.8 Å². The minimum Gasteiger partial charge on any atom is -0.304 e. The van der Waals surface area contributed by atoms with Crippen LogP contribution in [0.1, 0.15) is 16.7 Å². The van der Waals surface area contributed by atoms with Crippen molar-refractivity contribution in [2.45, 2.75) is 18.3 Å². The van der Waals surface area contributed by atoms with Crippen molar-refractivity contribution >= 4 is 33.0 Å². The van der Waals surface area contributed by atoms with Crippen LogP contribution in [0.2, 0.25) is 0 Å². The normalized spacial score (nSPS) is 21.2. The number of carbonyl (C=O) groups excluding carboxylic acids is 2. The molecule has 0 aliphatic carbocycles. The Labute approximate surface area is 189 Å². The third-order valence-electron chi connectivity index (χ3n) is 6.12. The van der Waals surface area contributed by atoms with E-state index in [1.807, 2.05) is 0 Å². The number of benzene rings is 3. The summed E-state index contributed by atoms with van der Waals surface area (Å²) < 4.78 is 55.8. The average molecular weight is 468 g/mol. The molecule has 2 aliphatic rings. The summed E-state index contributed by atoms with van der Waals surface area (Å²) in [7, 11) is -4.38. The number of amides is 2. The summed E-state index contributed by atoms with van der Waals surface area (Å²) in [5, 5.41) is 0. The van der Waals surface area contributed by atoms with Gasteiger partial charge < -0.3 is 4.90 Å². The number of nitrogens with zero attached hydrogens (tertiary/aromatic N) is 2. The molecule has 33 heavy (non-hydrogen) atoms. The highest BCUT2D eigenvalue weighted by Gasteiger charge is 2.69. The summed E-state index contributed by atoms with van der Waals surface area (Å²) in [6.07, 6.45) is 0. The number of sulfone groups is 1. The molecule has 0 bridgehead atoms. The van der Waals surface area contributed by atoms with Gasteiger partial charge in [0.1, 0.15) is 17.4 Å². The first-order chi connectivity index (χ1) is 15.7. The number of para-hydroxylation sites is 1. The number of hydrogen-bond acceptors (Lipinski definition) is 4. The van der Waals surface area contributed by atoms with Crippen molar-refractivity contribution in [3.05, 3.63) is 95.1 Å². The number of carbonyl (C=O) groups is 2. The van der Waals surface area contributed by atoms with E-state index in [9.17, 15) is 26.8 Å². The van der Waals surface area contributed by atoms with Crippen molar-refractivity contribution in [2.24, 2.45) is 0 Å². The second-order valence-electron chi connectivity index (χ2n) is 8.07. The Bertz CT molecular complexity index is 1440. The van der Waals surface area contributed by atoms with Gasteiger partial charge >= 0.3 is 0 Å². The van der Waals surface area contributed by atoms with Crippen molar-refractivity contribution in [1.82, 2.24) is 0 Å². The van der Waals surface area contributed by atoms with E-state index >= 15 is 0 Å². The van der Waals surface area contributed by atoms with Crippen LogP contribution in [0.15, 0.2) is 66.7 Å². The van der Waals surface area contributed by atoms with Gasteiger partial charge in [-0.2, -0.15) is 0 Å². The molecule has 9 heteroatoms. The molecule has 1 fully saturated rings. The number of rotatable bonds is 3. The Morgan fingerprint density at radius 3 is 2.36 bits per heavy atom. The summed E-state index contributed by atoms with van der Waals surface area (Å²) in [5.74, 6) is -3.84. The molecule has 0 saturated carbocycles. The molecule has 1 atom stereocenters. The maximum atomic E-state index is 14.4. The van der Waals surface area contributed by atoms with Crippen molar-refractivity contribution in [1.29, 1.82) is 0 Å². The Balaban J connectivity index is 1.75. The van der Waals surface area contributed by atoms with E-state index in [4.69, 9.17) is 0 Å². The van der Waals surface area contributed by atoms with Crippen molar-refractivity contribution in [2.75, 3.05) is 15.6 Å². The summed E-state index contributed by atoms with van der Waals surface area (Å²) in [4.78, 5) is 26.6. The van der Waals surface area contributed by atoms with Gasteiger partial charge in [-0.25, -0.2) is 17.2 Å². The summed E-state index contributed by atoms with van der Waals surface area (Å²) >= 11 is 0. The lowest BCUT2D eigenvalue weighted by molar-refractivity contribution is -0.123. The molecule has 2 heterocycles. The van der Waals surface area contributed by atoms with Crippen LogP contribution in [0.3, 0.4) is 0 Å². The van der Waals surface area contributed by atoms with Crippen LogP contribution < -0.4 is 9.80 Å². The highest BCUT2D eigenvalue weighted by atomic mass is 32.2. The largest absolute Gasteiger partial charge is 0.304 e. The molecule has 3 aromatic rings. The first kappa shape index (κ1) is 21.3. The monoisotopic (exact) mass is 468 g/mol. The van der Waals surface area contributed by atoms with Crippen LogP contribution in [-0.2, 0) is 30.8 Å². The highest BCUT2D eigenvalue weighted by molar-refractivity contribution is 7.94. The quantitative estimate of drug-likeness (QED) is 0.590.